The third-order valence-electron chi connectivity index (χ3n) is 3.54. The standard InChI is InChI=1S/C17H19NO5S/c1-12-3-8-15(24(18,20)21)11-16(12)17(19)23-10-9-13-4-6-14(22-2)7-5-13/h3-8,11H,9-10H2,1-2H3,(H2,18,20,21). The highest BCUT2D eigenvalue weighted by atomic mass is 32.2. The number of ether oxygens (including phenoxy) is 2. The largest absolute Gasteiger partial charge is 0.497 e. The van der Waals surface area contributed by atoms with Gasteiger partial charge in [-0.3, -0.25) is 0 Å². The first-order valence-corrected chi connectivity index (χ1v) is 8.79. The fourth-order valence-electron chi connectivity index (χ4n) is 2.13. The van der Waals surface area contributed by atoms with Gasteiger partial charge in [-0.05, 0) is 42.3 Å². The van der Waals surface area contributed by atoms with Gasteiger partial charge in [0.05, 0.1) is 24.2 Å². The van der Waals surface area contributed by atoms with E-state index >= 15 is 0 Å². The molecule has 0 aromatic heterocycles. The Hall–Kier alpha value is -2.38. The minimum atomic E-state index is -3.87. The number of primary sulfonamides is 1. The summed E-state index contributed by atoms with van der Waals surface area (Å²) in [5.41, 5.74) is 1.81. The van der Waals surface area contributed by atoms with E-state index in [1.807, 2.05) is 24.3 Å². The number of aryl methyl sites for hydroxylation is 1. The highest BCUT2D eigenvalue weighted by Gasteiger charge is 2.15. The van der Waals surface area contributed by atoms with Crippen LogP contribution in [0.15, 0.2) is 47.4 Å². The molecule has 0 saturated carbocycles. The number of hydrogen-bond donors (Lipinski definition) is 1. The van der Waals surface area contributed by atoms with Crippen molar-refractivity contribution in [3.63, 3.8) is 0 Å². The van der Waals surface area contributed by atoms with E-state index in [4.69, 9.17) is 14.6 Å². The van der Waals surface area contributed by atoms with Crippen LogP contribution in [-0.4, -0.2) is 28.1 Å². The molecule has 0 amide bonds. The second-order valence-electron chi connectivity index (χ2n) is 5.26. The van der Waals surface area contributed by atoms with E-state index in [-0.39, 0.29) is 17.1 Å². The van der Waals surface area contributed by atoms with Crippen LogP contribution >= 0.6 is 0 Å². The highest BCUT2D eigenvalue weighted by molar-refractivity contribution is 7.89. The molecule has 2 rings (SSSR count). The molecule has 2 aromatic carbocycles. The summed E-state index contributed by atoms with van der Waals surface area (Å²) in [6, 6.07) is 11.6. The smallest absolute Gasteiger partial charge is 0.338 e. The van der Waals surface area contributed by atoms with Crippen LogP contribution in [0.2, 0.25) is 0 Å². The molecule has 0 radical (unpaired) electrons. The average molecular weight is 349 g/mol. The second kappa shape index (κ2) is 7.46. The van der Waals surface area contributed by atoms with Crippen LogP contribution < -0.4 is 9.88 Å². The minimum absolute atomic E-state index is 0.116. The molecule has 128 valence electrons. The van der Waals surface area contributed by atoms with Gasteiger partial charge >= 0.3 is 5.97 Å². The molecule has 0 aliphatic heterocycles. The molecule has 6 nitrogen and oxygen atoms in total. The molecule has 0 aliphatic rings. The van der Waals surface area contributed by atoms with E-state index in [0.29, 0.717) is 12.0 Å². The number of rotatable bonds is 6. The Balaban J connectivity index is 2.01. The molecule has 0 fully saturated rings. The van der Waals surface area contributed by atoms with E-state index in [9.17, 15) is 13.2 Å². The number of benzene rings is 2. The van der Waals surface area contributed by atoms with Gasteiger partial charge in [0.25, 0.3) is 0 Å². The lowest BCUT2D eigenvalue weighted by Crippen LogP contribution is -2.15. The van der Waals surface area contributed by atoms with Gasteiger partial charge in [-0.15, -0.1) is 0 Å². The predicted octanol–water partition coefficient (Wildman–Crippen LogP) is 2.05. The number of hydrogen-bond acceptors (Lipinski definition) is 5. The number of esters is 1. The summed E-state index contributed by atoms with van der Waals surface area (Å²) in [7, 11) is -2.27. The molecule has 2 N–H and O–H groups in total. The van der Waals surface area contributed by atoms with Gasteiger partial charge in [0.1, 0.15) is 5.75 Å². The van der Waals surface area contributed by atoms with Gasteiger partial charge in [-0.25, -0.2) is 18.4 Å². The fourth-order valence-corrected chi connectivity index (χ4v) is 2.67. The summed E-state index contributed by atoms with van der Waals surface area (Å²) in [5.74, 6) is 0.178. The van der Waals surface area contributed by atoms with Gasteiger partial charge in [0, 0.05) is 6.42 Å². The van der Waals surface area contributed by atoms with Gasteiger partial charge in [0.2, 0.25) is 10.0 Å². The van der Waals surface area contributed by atoms with E-state index in [2.05, 4.69) is 0 Å². The van der Waals surface area contributed by atoms with Crippen molar-refractivity contribution < 1.29 is 22.7 Å². The topological polar surface area (TPSA) is 95.7 Å². The molecule has 0 spiro atoms. The number of nitrogens with two attached hydrogens (primary N) is 1. The normalized spacial score (nSPS) is 11.1. The summed E-state index contributed by atoms with van der Waals surface area (Å²) in [5, 5.41) is 5.09. The monoisotopic (exact) mass is 349 g/mol. The SMILES string of the molecule is COc1ccc(CCOC(=O)c2cc(S(N)(=O)=O)ccc2C)cc1. The zero-order valence-corrected chi connectivity index (χ0v) is 14.3. The van der Waals surface area contributed by atoms with Crippen LogP contribution in [0, 0.1) is 6.92 Å². The van der Waals surface area contributed by atoms with E-state index < -0.39 is 16.0 Å². The maximum Gasteiger partial charge on any atom is 0.338 e. The van der Waals surface area contributed by atoms with Crippen LogP contribution in [0.1, 0.15) is 21.5 Å². The fraction of sp³-hybridized carbons (Fsp3) is 0.235. The van der Waals surface area contributed by atoms with Gasteiger partial charge in [0.15, 0.2) is 0 Å². The predicted molar refractivity (Wildman–Crippen MR) is 89.5 cm³/mol. The van der Waals surface area contributed by atoms with Gasteiger partial charge in [-0.2, -0.15) is 0 Å². The molecule has 0 aliphatic carbocycles. The molecule has 0 unspecified atom stereocenters. The molecular weight excluding hydrogens is 330 g/mol. The van der Waals surface area contributed by atoms with E-state index in [0.717, 1.165) is 11.3 Å². The minimum Gasteiger partial charge on any atom is -0.497 e. The van der Waals surface area contributed by atoms with E-state index in [1.165, 1.54) is 18.2 Å². The van der Waals surface area contributed by atoms with Crippen LogP contribution in [-0.2, 0) is 21.2 Å². The average Bonchev–Trinajstić information content (AvgIpc) is 2.54. The van der Waals surface area contributed by atoms with Crippen molar-refractivity contribution in [3.05, 3.63) is 59.2 Å². The maximum atomic E-state index is 12.2. The Bertz CT molecular complexity index is 829. The van der Waals surface area contributed by atoms with E-state index in [1.54, 1.807) is 14.0 Å². The quantitative estimate of drug-likeness (QED) is 0.805. The number of carbonyl (C=O) groups is 1. The number of carbonyl (C=O) groups excluding carboxylic acids is 1. The molecule has 0 saturated heterocycles. The van der Waals surface area contributed by atoms with Crippen molar-refractivity contribution in [1.82, 2.24) is 0 Å². The van der Waals surface area contributed by atoms with Crippen LogP contribution in [0.5, 0.6) is 5.75 Å². The van der Waals surface area contributed by atoms with Crippen molar-refractivity contribution in [2.75, 3.05) is 13.7 Å². The Morgan fingerprint density at radius 3 is 2.38 bits per heavy atom. The van der Waals surface area contributed by atoms with Crippen molar-refractivity contribution in [2.45, 2.75) is 18.2 Å². The summed E-state index contributed by atoms with van der Waals surface area (Å²) < 4.78 is 33.1. The Morgan fingerprint density at radius 1 is 1.12 bits per heavy atom. The Labute approximate surface area is 141 Å². The van der Waals surface area contributed by atoms with Crippen molar-refractivity contribution in [2.24, 2.45) is 5.14 Å². The zero-order chi connectivity index (χ0) is 17.7. The van der Waals surface area contributed by atoms with Crippen molar-refractivity contribution in [1.29, 1.82) is 0 Å². The lowest BCUT2D eigenvalue weighted by Gasteiger charge is -2.09. The lowest BCUT2D eigenvalue weighted by atomic mass is 10.1. The first-order valence-electron chi connectivity index (χ1n) is 7.25. The molecule has 0 heterocycles. The zero-order valence-electron chi connectivity index (χ0n) is 13.5. The molecule has 24 heavy (non-hydrogen) atoms. The second-order valence-corrected chi connectivity index (χ2v) is 6.82. The molecular formula is C17H19NO5S. The molecule has 0 atom stereocenters. The maximum absolute atomic E-state index is 12.2. The van der Waals surface area contributed by atoms with Crippen LogP contribution in [0.25, 0.3) is 0 Å². The van der Waals surface area contributed by atoms with Crippen LogP contribution in [0.4, 0.5) is 0 Å². The van der Waals surface area contributed by atoms with Crippen molar-refractivity contribution in [3.8, 4) is 5.75 Å². The van der Waals surface area contributed by atoms with Crippen LogP contribution in [0.3, 0.4) is 0 Å². The Morgan fingerprint density at radius 2 is 1.79 bits per heavy atom. The van der Waals surface area contributed by atoms with Gasteiger partial charge in [-0.1, -0.05) is 18.2 Å². The summed E-state index contributed by atoms with van der Waals surface area (Å²) in [6.07, 6.45) is 0.545. The molecule has 7 heteroatoms. The summed E-state index contributed by atoms with van der Waals surface area (Å²) in [6.45, 7) is 1.89. The lowest BCUT2D eigenvalue weighted by molar-refractivity contribution is 0.0508. The third kappa shape index (κ3) is 4.56. The highest BCUT2D eigenvalue weighted by Crippen LogP contribution is 2.16. The molecule has 2 aromatic rings. The number of methoxy groups -OCH3 is 1. The third-order valence-corrected chi connectivity index (χ3v) is 4.45. The first kappa shape index (κ1) is 18.0. The molecule has 0 bridgehead atoms. The first-order chi connectivity index (χ1) is 11.3. The summed E-state index contributed by atoms with van der Waals surface area (Å²) >= 11 is 0. The Kier molecular flexibility index (Phi) is 5.58. The van der Waals surface area contributed by atoms with Gasteiger partial charge < -0.3 is 9.47 Å². The summed E-state index contributed by atoms with van der Waals surface area (Å²) in [4.78, 5) is 12.0. The number of sulfonamides is 1. The van der Waals surface area contributed by atoms with Crippen molar-refractivity contribution >= 4 is 16.0 Å².